The van der Waals surface area contributed by atoms with Gasteiger partial charge in [0.2, 0.25) is 5.82 Å². The van der Waals surface area contributed by atoms with Crippen LogP contribution in [0.15, 0.2) is 36.5 Å². The maximum Gasteiger partial charge on any atom is 0.328 e. The van der Waals surface area contributed by atoms with Gasteiger partial charge in [-0.25, -0.2) is 4.98 Å². The van der Waals surface area contributed by atoms with Crippen molar-refractivity contribution in [1.29, 1.82) is 5.26 Å². The molecule has 0 bridgehead atoms. The highest BCUT2D eigenvalue weighted by Crippen LogP contribution is 2.26. The van der Waals surface area contributed by atoms with Gasteiger partial charge in [-0.05, 0) is 17.2 Å². The van der Waals surface area contributed by atoms with E-state index in [0.717, 1.165) is 11.1 Å². The Morgan fingerprint density at radius 3 is 2.52 bits per heavy atom. The summed E-state index contributed by atoms with van der Waals surface area (Å²) in [6.45, 7) is 0.832. The minimum absolute atomic E-state index is 0.0176. The molecule has 0 unspecified atom stereocenters. The Labute approximate surface area is 121 Å². The first kappa shape index (κ1) is 14.4. The van der Waals surface area contributed by atoms with Gasteiger partial charge in [-0.15, -0.1) is 0 Å². The van der Waals surface area contributed by atoms with Gasteiger partial charge >= 0.3 is 5.69 Å². The van der Waals surface area contributed by atoms with Gasteiger partial charge in [0.25, 0.3) is 0 Å². The predicted octanol–water partition coefficient (Wildman–Crippen LogP) is 1.93. The van der Waals surface area contributed by atoms with E-state index in [2.05, 4.69) is 10.3 Å². The Hall–Kier alpha value is -2.98. The lowest BCUT2D eigenvalue weighted by atomic mass is 10.1. The molecule has 2 aromatic rings. The fourth-order valence-electron chi connectivity index (χ4n) is 1.84. The summed E-state index contributed by atoms with van der Waals surface area (Å²) in [6.07, 6.45) is 1.37. The molecule has 7 heteroatoms. The lowest BCUT2D eigenvalue weighted by Gasteiger charge is -2.07. The highest BCUT2D eigenvalue weighted by atomic mass is 16.6. The molecule has 2 rings (SSSR count). The summed E-state index contributed by atoms with van der Waals surface area (Å²) in [4.78, 5) is 14.4. The lowest BCUT2D eigenvalue weighted by molar-refractivity contribution is -0.384. The van der Waals surface area contributed by atoms with Crippen LogP contribution >= 0.6 is 0 Å². The summed E-state index contributed by atoms with van der Waals surface area (Å²) in [5.41, 5.74) is 7.14. The first-order valence-electron chi connectivity index (χ1n) is 6.21. The van der Waals surface area contributed by atoms with Crippen LogP contribution in [0.4, 0.5) is 11.5 Å². The zero-order chi connectivity index (χ0) is 15.2. The van der Waals surface area contributed by atoms with E-state index < -0.39 is 4.92 Å². The summed E-state index contributed by atoms with van der Waals surface area (Å²) in [7, 11) is 0. The minimum Gasteiger partial charge on any atom is -0.360 e. The molecule has 1 heterocycles. The number of nitrogens with one attached hydrogen (secondary N) is 1. The van der Waals surface area contributed by atoms with Crippen molar-refractivity contribution in [1.82, 2.24) is 4.98 Å². The fourth-order valence-corrected chi connectivity index (χ4v) is 1.84. The highest BCUT2D eigenvalue weighted by Gasteiger charge is 2.20. The van der Waals surface area contributed by atoms with E-state index in [1.807, 2.05) is 24.3 Å². The number of nitro groups is 1. The fraction of sp³-hybridized carbons (Fsp3) is 0.143. The van der Waals surface area contributed by atoms with Crippen LogP contribution in [0.2, 0.25) is 0 Å². The number of hydrogen-bond acceptors (Lipinski definition) is 6. The second-order valence-electron chi connectivity index (χ2n) is 4.30. The van der Waals surface area contributed by atoms with Gasteiger partial charge < -0.3 is 11.1 Å². The number of nitrogens with two attached hydrogens (primary N) is 1. The van der Waals surface area contributed by atoms with Crippen LogP contribution in [0.1, 0.15) is 16.7 Å². The SMILES string of the molecule is N#Cc1ccnc(NCc2ccc(CN)cc2)c1[N+](=O)[O-]. The lowest BCUT2D eigenvalue weighted by Crippen LogP contribution is -2.06. The molecule has 0 amide bonds. The monoisotopic (exact) mass is 283 g/mol. The van der Waals surface area contributed by atoms with E-state index in [-0.39, 0.29) is 17.1 Å². The Balaban J connectivity index is 2.20. The smallest absolute Gasteiger partial charge is 0.328 e. The van der Waals surface area contributed by atoms with Crippen LogP contribution in [0, 0.1) is 21.4 Å². The largest absolute Gasteiger partial charge is 0.360 e. The van der Waals surface area contributed by atoms with Crippen molar-refractivity contribution in [2.45, 2.75) is 13.1 Å². The molecule has 106 valence electrons. The van der Waals surface area contributed by atoms with Crippen LogP contribution in [-0.4, -0.2) is 9.91 Å². The number of aromatic nitrogens is 1. The summed E-state index contributed by atoms with van der Waals surface area (Å²) >= 11 is 0. The molecule has 1 aromatic heterocycles. The summed E-state index contributed by atoms with van der Waals surface area (Å²) in [5.74, 6) is 0.0851. The van der Waals surface area contributed by atoms with Gasteiger partial charge in [0.1, 0.15) is 11.6 Å². The Morgan fingerprint density at radius 1 is 1.29 bits per heavy atom. The predicted molar refractivity (Wildman–Crippen MR) is 77.3 cm³/mol. The van der Waals surface area contributed by atoms with Gasteiger partial charge in [0.05, 0.1) is 4.92 Å². The van der Waals surface area contributed by atoms with Crippen molar-refractivity contribution in [3.8, 4) is 6.07 Å². The summed E-state index contributed by atoms with van der Waals surface area (Å²) in [6, 6.07) is 10.7. The average Bonchev–Trinajstić information content (AvgIpc) is 2.52. The summed E-state index contributed by atoms with van der Waals surface area (Å²) < 4.78 is 0. The third-order valence-electron chi connectivity index (χ3n) is 2.95. The molecule has 7 nitrogen and oxygen atoms in total. The zero-order valence-corrected chi connectivity index (χ0v) is 11.1. The van der Waals surface area contributed by atoms with Gasteiger partial charge in [-0.2, -0.15) is 5.26 Å². The average molecular weight is 283 g/mol. The molecule has 21 heavy (non-hydrogen) atoms. The highest BCUT2D eigenvalue weighted by molar-refractivity contribution is 5.64. The number of nitrogens with zero attached hydrogens (tertiary/aromatic N) is 3. The third kappa shape index (κ3) is 3.32. The minimum atomic E-state index is -0.606. The topological polar surface area (TPSA) is 118 Å². The van der Waals surface area contributed by atoms with Crippen LogP contribution in [-0.2, 0) is 13.1 Å². The van der Waals surface area contributed by atoms with Crippen molar-refractivity contribution >= 4 is 11.5 Å². The molecular formula is C14H13N5O2. The number of rotatable bonds is 5. The molecule has 0 aliphatic rings. The molecule has 0 fully saturated rings. The number of benzene rings is 1. The number of pyridine rings is 1. The van der Waals surface area contributed by atoms with E-state index in [4.69, 9.17) is 11.0 Å². The first-order chi connectivity index (χ1) is 10.2. The molecule has 0 spiro atoms. The normalized spacial score (nSPS) is 9.90. The van der Waals surface area contributed by atoms with Crippen molar-refractivity contribution in [3.63, 3.8) is 0 Å². The number of anilines is 1. The van der Waals surface area contributed by atoms with Crippen molar-refractivity contribution < 1.29 is 4.92 Å². The van der Waals surface area contributed by atoms with Gasteiger partial charge in [-0.1, -0.05) is 24.3 Å². The molecule has 0 radical (unpaired) electrons. The Kier molecular flexibility index (Phi) is 4.43. The quantitative estimate of drug-likeness (QED) is 0.639. The van der Waals surface area contributed by atoms with E-state index in [1.165, 1.54) is 12.3 Å². The Morgan fingerprint density at radius 2 is 1.95 bits per heavy atom. The van der Waals surface area contributed by atoms with Gasteiger partial charge in [0, 0.05) is 19.3 Å². The van der Waals surface area contributed by atoms with Gasteiger partial charge in [0.15, 0.2) is 0 Å². The van der Waals surface area contributed by atoms with Crippen LogP contribution in [0.3, 0.4) is 0 Å². The maximum absolute atomic E-state index is 11.1. The van der Waals surface area contributed by atoms with E-state index in [0.29, 0.717) is 13.1 Å². The van der Waals surface area contributed by atoms with Crippen LogP contribution in [0.5, 0.6) is 0 Å². The molecular weight excluding hydrogens is 270 g/mol. The zero-order valence-electron chi connectivity index (χ0n) is 11.1. The van der Waals surface area contributed by atoms with E-state index >= 15 is 0 Å². The van der Waals surface area contributed by atoms with Crippen molar-refractivity contribution in [3.05, 3.63) is 63.3 Å². The molecule has 1 aromatic carbocycles. The van der Waals surface area contributed by atoms with Crippen molar-refractivity contribution in [2.24, 2.45) is 5.73 Å². The van der Waals surface area contributed by atoms with Crippen LogP contribution < -0.4 is 11.1 Å². The second-order valence-corrected chi connectivity index (χ2v) is 4.30. The molecule has 3 N–H and O–H groups in total. The van der Waals surface area contributed by atoms with Gasteiger partial charge in [-0.3, -0.25) is 10.1 Å². The molecule has 0 saturated heterocycles. The Bertz CT molecular complexity index is 692. The first-order valence-corrected chi connectivity index (χ1v) is 6.21. The van der Waals surface area contributed by atoms with Crippen LogP contribution in [0.25, 0.3) is 0 Å². The molecule has 0 saturated carbocycles. The third-order valence-corrected chi connectivity index (χ3v) is 2.95. The molecule has 0 aliphatic heterocycles. The van der Waals surface area contributed by atoms with E-state index in [1.54, 1.807) is 6.07 Å². The maximum atomic E-state index is 11.1. The molecule has 0 aliphatic carbocycles. The molecule has 0 atom stereocenters. The number of hydrogen-bond donors (Lipinski definition) is 2. The standard InChI is InChI=1S/C14H13N5O2/c15-7-10-1-3-11(4-2-10)9-18-14-13(19(20)21)12(8-16)5-6-17-14/h1-6H,7,9,15H2,(H,17,18). The second kappa shape index (κ2) is 6.45. The van der Waals surface area contributed by atoms with Crippen molar-refractivity contribution in [2.75, 3.05) is 5.32 Å². The number of nitriles is 1. The summed E-state index contributed by atoms with van der Waals surface area (Å²) in [5, 5.41) is 22.9. The van der Waals surface area contributed by atoms with E-state index in [9.17, 15) is 10.1 Å².